The summed E-state index contributed by atoms with van der Waals surface area (Å²) >= 11 is 0. The quantitative estimate of drug-likeness (QED) is 0.632. The molecule has 2 N–H and O–H groups in total. The lowest BCUT2D eigenvalue weighted by molar-refractivity contribution is 0.449. The first-order valence-electron chi connectivity index (χ1n) is 7.72. The lowest BCUT2D eigenvalue weighted by Gasteiger charge is -2.10. The SMILES string of the molecule is Cc1cccc(S(=O)(=O)Nc2ccc(Nc3ccc(F)c(F)c3F)nc2)c1. The summed E-state index contributed by atoms with van der Waals surface area (Å²) in [4.78, 5) is 4.05. The topological polar surface area (TPSA) is 71.1 Å². The number of anilines is 3. The van der Waals surface area contributed by atoms with Crippen molar-refractivity contribution in [3.63, 3.8) is 0 Å². The van der Waals surface area contributed by atoms with Gasteiger partial charge < -0.3 is 5.32 Å². The van der Waals surface area contributed by atoms with E-state index in [9.17, 15) is 21.6 Å². The Kier molecular flexibility index (Phi) is 5.04. The van der Waals surface area contributed by atoms with Gasteiger partial charge in [-0.05, 0) is 48.9 Å². The summed E-state index contributed by atoms with van der Waals surface area (Å²) in [5, 5.41) is 2.50. The number of aromatic nitrogens is 1. The van der Waals surface area contributed by atoms with Crippen molar-refractivity contribution in [1.29, 1.82) is 0 Å². The van der Waals surface area contributed by atoms with Gasteiger partial charge in [0.05, 0.1) is 22.5 Å². The molecule has 9 heteroatoms. The molecule has 0 saturated carbocycles. The molecule has 0 aliphatic heterocycles. The zero-order valence-corrected chi connectivity index (χ0v) is 14.8. The molecule has 0 aliphatic carbocycles. The molecule has 140 valence electrons. The molecule has 3 aromatic rings. The average molecular weight is 393 g/mol. The summed E-state index contributed by atoms with van der Waals surface area (Å²) in [7, 11) is -3.79. The van der Waals surface area contributed by atoms with Gasteiger partial charge in [0.1, 0.15) is 5.82 Å². The molecule has 0 amide bonds. The van der Waals surface area contributed by atoms with E-state index in [1.54, 1.807) is 19.1 Å². The van der Waals surface area contributed by atoms with Gasteiger partial charge in [0.15, 0.2) is 17.5 Å². The fourth-order valence-electron chi connectivity index (χ4n) is 2.29. The Morgan fingerprint density at radius 2 is 1.74 bits per heavy atom. The molecule has 0 fully saturated rings. The van der Waals surface area contributed by atoms with Crippen molar-refractivity contribution in [3.05, 3.63) is 77.7 Å². The number of aryl methyl sites for hydroxylation is 1. The third kappa shape index (κ3) is 4.20. The van der Waals surface area contributed by atoms with E-state index >= 15 is 0 Å². The molecule has 1 heterocycles. The Labute approximate surface area is 153 Å². The number of benzene rings is 2. The highest BCUT2D eigenvalue weighted by atomic mass is 32.2. The normalized spacial score (nSPS) is 11.3. The van der Waals surface area contributed by atoms with Crippen LogP contribution < -0.4 is 10.0 Å². The van der Waals surface area contributed by atoms with Crippen LogP contribution in [0.4, 0.5) is 30.4 Å². The Morgan fingerprint density at radius 1 is 0.963 bits per heavy atom. The fraction of sp³-hybridized carbons (Fsp3) is 0.0556. The van der Waals surface area contributed by atoms with E-state index in [1.807, 2.05) is 0 Å². The maximum absolute atomic E-state index is 13.7. The highest BCUT2D eigenvalue weighted by Gasteiger charge is 2.15. The number of nitrogens with one attached hydrogen (secondary N) is 2. The van der Waals surface area contributed by atoms with E-state index in [1.165, 1.54) is 30.5 Å². The van der Waals surface area contributed by atoms with E-state index in [-0.39, 0.29) is 22.1 Å². The standard InChI is InChI=1S/C18H14F3N3O2S/c1-11-3-2-4-13(9-11)27(25,26)24-12-5-8-16(22-10-12)23-15-7-6-14(19)17(20)18(15)21/h2-10,24H,1H3,(H,22,23). The van der Waals surface area contributed by atoms with Crippen molar-refractivity contribution in [2.45, 2.75) is 11.8 Å². The van der Waals surface area contributed by atoms with Crippen molar-refractivity contribution >= 4 is 27.2 Å². The van der Waals surface area contributed by atoms with Gasteiger partial charge in [0.25, 0.3) is 10.0 Å². The van der Waals surface area contributed by atoms with Crippen LogP contribution >= 0.6 is 0 Å². The average Bonchev–Trinajstić information content (AvgIpc) is 2.63. The molecule has 0 atom stereocenters. The number of hydrogen-bond acceptors (Lipinski definition) is 4. The van der Waals surface area contributed by atoms with Crippen molar-refractivity contribution in [2.75, 3.05) is 10.0 Å². The predicted molar refractivity (Wildman–Crippen MR) is 95.8 cm³/mol. The minimum atomic E-state index is -3.79. The fourth-order valence-corrected chi connectivity index (χ4v) is 3.43. The monoisotopic (exact) mass is 393 g/mol. The lowest BCUT2D eigenvalue weighted by Crippen LogP contribution is -2.13. The highest BCUT2D eigenvalue weighted by Crippen LogP contribution is 2.24. The van der Waals surface area contributed by atoms with E-state index < -0.39 is 27.5 Å². The van der Waals surface area contributed by atoms with Crippen LogP contribution in [0.5, 0.6) is 0 Å². The molecule has 0 unspecified atom stereocenters. The van der Waals surface area contributed by atoms with Crippen LogP contribution in [0.2, 0.25) is 0 Å². The Bertz CT molecular complexity index is 1090. The zero-order chi connectivity index (χ0) is 19.6. The Hall–Kier alpha value is -3.07. The van der Waals surface area contributed by atoms with Crippen molar-refractivity contribution in [2.24, 2.45) is 0 Å². The van der Waals surface area contributed by atoms with E-state index in [0.29, 0.717) is 0 Å². The van der Waals surface area contributed by atoms with E-state index in [0.717, 1.165) is 17.7 Å². The van der Waals surface area contributed by atoms with Gasteiger partial charge >= 0.3 is 0 Å². The lowest BCUT2D eigenvalue weighted by atomic mass is 10.2. The molecule has 5 nitrogen and oxygen atoms in total. The maximum atomic E-state index is 13.7. The molecule has 0 radical (unpaired) electrons. The predicted octanol–water partition coefficient (Wildman–Crippen LogP) is 4.35. The molecule has 3 rings (SSSR count). The number of sulfonamides is 1. The number of pyridine rings is 1. The molecular weight excluding hydrogens is 379 g/mol. The number of rotatable bonds is 5. The third-order valence-electron chi connectivity index (χ3n) is 3.61. The molecule has 0 spiro atoms. The number of nitrogens with zero attached hydrogens (tertiary/aromatic N) is 1. The molecule has 1 aromatic heterocycles. The molecule has 27 heavy (non-hydrogen) atoms. The minimum absolute atomic E-state index is 0.105. The van der Waals surface area contributed by atoms with Gasteiger partial charge in [0, 0.05) is 0 Å². The van der Waals surface area contributed by atoms with Gasteiger partial charge in [-0.2, -0.15) is 0 Å². The summed E-state index contributed by atoms with van der Waals surface area (Å²) < 4.78 is 67.0. The summed E-state index contributed by atoms with van der Waals surface area (Å²) in [6, 6.07) is 11.0. The van der Waals surface area contributed by atoms with Gasteiger partial charge in [0.2, 0.25) is 0 Å². The second-order valence-corrected chi connectivity index (χ2v) is 7.38. The van der Waals surface area contributed by atoms with Crippen LogP contribution in [0, 0.1) is 24.4 Å². The second-order valence-electron chi connectivity index (χ2n) is 5.70. The van der Waals surface area contributed by atoms with Crippen LogP contribution in [0.25, 0.3) is 0 Å². The Balaban J connectivity index is 1.77. The minimum Gasteiger partial charge on any atom is -0.338 e. The van der Waals surface area contributed by atoms with Gasteiger partial charge in [-0.15, -0.1) is 0 Å². The molecular formula is C18H14F3N3O2S. The summed E-state index contributed by atoms with van der Waals surface area (Å²) in [5.74, 6) is -4.14. The van der Waals surface area contributed by atoms with Gasteiger partial charge in [-0.25, -0.2) is 26.6 Å². The van der Waals surface area contributed by atoms with Crippen LogP contribution in [-0.2, 0) is 10.0 Å². The van der Waals surface area contributed by atoms with E-state index in [2.05, 4.69) is 15.0 Å². The largest absolute Gasteiger partial charge is 0.338 e. The third-order valence-corrected chi connectivity index (χ3v) is 4.99. The van der Waals surface area contributed by atoms with Crippen LogP contribution in [0.15, 0.2) is 59.6 Å². The molecule has 2 aromatic carbocycles. The maximum Gasteiger partial charge on any atom is 0.261 e. The van der Waals surface area contributed by atoms with Crippen LogP contribution in [-0.4, -0.2) is 13.4 Å². The van der Waals surface area contributed by atoms with Crippen molar-refractivity contribution < 1.29 is 21.6 Å². The first-order valence-corrected chi connectivity index (χ1v) is 9.20. The van der Waals surface area contributed by atoms with Crippen molar-refractivity contribution in [3.8, 4) is 0 Å². The summed E-state index contributed by atoms with van der Waals surface area (Å²) in [6.07, 6.45) is 1.22. The highest BCUT2D eigenvalue weighted by molar-refractivity contribution is 7.92. The first-order chi connectivity index (χ1) is 12.8. The van der Waals surface area contributed by atoms with Gasteiger partial charge in [-0.1, -0.05) is 12.1 Å². The molecule has 0 aliphatic rings. The van der Waals surface area contributed by atoms with E-state index in [4.69, 9.17) is 0 Å². The van der Waals surface area contributed by atoms with Crippen molar-refractivity contribution in [1.82, 2.24) is 4.98 Å². The summed E-state index contributed by atoms with van der Waals surface area (Å²) in [5.41, 5.74) is 0.686. The second kappa shape index (κ2) is 7.28. The zero-order valence-electron chi connectivity index (χ0n) is 14.0. The smallest absolute Gasteiger partial charge is 0.261 e. The molecule has 0 saturated heterocycles. The number of hydrogen-bond donors (Lipinski definition) is 2. The van der Waals surface area contributed by atoms with Crippen LogP contribution in [0.3, 0.4) is 0 Å². The Morgan fingerprint density at radius 3 is 2.41 bits per heavy atom. The number of halogens is 3. The van der Waals surface area contributed by atoms with Gasteiger partial charge in [-0.3, -0.25) is 4.72 Å². The summed E-state index contributed by atoms with van der Waals surface area (Å²) in [6.45, 7) is 1.78. The molecule has 0 bridgehead atoms. The first kappa shape index (κ1) is 18.7. The van der Waals surface area contributed by atoms with Crippen LogP contribution in [0.1, 0.15) is 5.56 Å².